The van der Waals surface area contributed by atoms with Gasteiger partial charge in [0.25, 0.3) is 0 Å². The van der Waals surface area contributed by atoms with Crippen molar-refractivity contribution in [3.8, 4) is 0 Å². The third kappa shape index (κ3) is 7.77. The Bertz CT molecular complexity index is 965. The van der Waals surface area contributed by atoms with Gasteiger partial charge in [-0.25, -0.2) is 0 Å². The van der Waals surface area contributed by atoms with Crippen LogP contribution in [0.5, 0.6) is 0 Å². The molecule has 288 valence electrons. The van der Waals surface area contributed by atoms with Crippen LogP contribution in [-0.4, -0.2) is 237 Å². The standard InChI is InChI=1S/C24H42O21.3H2O/c25-1-8-12(30)16(34)17(35)21(41-8)45-24(20(38)15(33)11(4-28)44-24)7-40-23(19(37)14(32)10(3-27)43-23)6-39-22(5-29)18(36)13(31)9(2-26)42-22;;;/h8-21,25-38H,1-7H2;3*1H2/t8-,9-,10-,11-,12-,13-,14-,15-,16+,17-,18+,19+,20+,21-,22-,23-,24+;;;/m1.../s1. The SMILES string of the molecule is O.O.O.OC[C@H]1O[C@@](CO)(OC[C@@]2(OC[C@@]3(O[C@H]4O[C@H](CO)[C@@H](O)[C@H](O)[C@H]4O)O[C@H](CO)[C@@H](O)[C@@H]3O)O[C@H](CO)[C@@H](O)[C@@H]2O)[C@@H](O)[C@@H]1O. The molecular formula is C24H48O24. The molecule has 0 amide bonds. The number of aliphatic hydroxyl groups is 14. The summed E-state index contributed by atoms with van der Waals surface area (Å²) in [6.07, 6.45) is -25.6. The molecule has 20 N–H and O–H groups in total. The van der Waals surface area contributed by atoms with Gasteiger partial charge in [0, 0.05) is 0 Å². The Morgan fingerprint density at radius 3 is 1.25 bits per heavy atom. The summed E-state index contributed by atoms with van der Waals surface area (Å²) in [6.45, 7) is -6.84. The highest BCUT2D eigenvalue weighted by atomic mass is 16.8. The maximum Gasteiger partial charge on any atom is 0.224 e. The molecule has 4 rings (SSSR count). The van der Waals surface area contributed by atoms with E-state index >= 15 is 0 Å². The maximum absolute atomic E-state index is 11.0. The van der Waals surface area contributed by atoms with Crippen LogP contribution >= 0.6 is 0 Å². The predicted octanol–water partition coefficient (Wildman–Crippen LogP) is -12.2. The molecule has 17 atom stereocenters. The van der Waals surface area contributed by atoms with Crippen molar-refractivity contribution in [2.45, 2.75) is 103 Å². The normalized spacial score (nSPS) is 48.9. The molecule has 24 heteroatoms. The van der Waals surface area contributed by atoms with Gasteiger partial charge in [-0.3, -0.25) is 0 Å². The van der Waals surface area contributed by atoms with Crippen LogP contribution in [0.1, 0.15) is 0 Å². The fraction of sp³-hybridized carbons (Fsp3) is 1.00. The molecule has 0 bridgehead atoms. The smallest absolute Gasteiger partial charge is 0.224 e. The molecular weight excluding hydrogens is 672 g/mol. The largest absolute Gasteiger partial charge is 0.412 e. The van der Waals surface area contributed by atoms with Crippen LogP contribution in [0, 0.1) is 0 Å². The molecule has 4 aliphatic rings. The molecule has 4 fully saturated rings. The van der Waals surface area contributed by atoms with Gasteiger partial charge in [0.05, 0.1) is 26.4 Å². The Kier molecular flexibility index (Phi) is 16.4. The van der Waals surface area contributed by atoms with E-state index in [4.69, 9.17) is 33.2 Å². The first-order valence-electron chi connectivity index (χ1n) is 14.0. The van der Waals surface area contributed by atoms with Gasteiger partial charge in [-0.1, -0.05) is 0 Å². The minimum Gasteiger partial charge on any atom is -0.412 e. The van der Waals surface area contributed by atoms with Crippen LogP contribution in [0.4, 0.5) is 0 Å². The van der Waals surface area contributed by atoms with Gasteiger partial charge in [0.1, 0.15) is 99.2 Å². The molecule has 4 saturated heterocycles. The van der Waals surface area contributed by atoms with E-state index in [9.17, 15) is 71.5 Å². The average Bonchev–Trinajstić information content (AvgIpc) is 3.55. The van der Waals surface area contributed by atoms with Gasteiger partial charge in [-0.15, -0.1) is 0 Å². The zero-order valence-corrected chi connectivity index (χ0v) is 25.2. The van der Waals surface area contributed by atoms with E-state index < -0.39 is 149 Å². The first kappa shape index (κ1) is 45.1. The van der Waals surface area contributed by atoms with Crippen molar-refractivity contribution in [1.82, 2.24) is 0 Å². The van der Waals surface area contributed by atoms with E-state index in [0.717, 1.165) is 0 Å². The molecule has 24 nitrogen and oxygen atoms in total. The Morgan fingerprint density at radius 2 is 0.812 bits per heavy atom. The van der Waals surface area contributed by atoms with Crippen LogP contribution in [0.2, 0.25) is 0 Å². The Morgan fingerprint density at radius 1 is 0.438 bits per heavy atom. The lowest BCUT2D eigenvalue weighted by atomic mass is 9.99. The fourth-order valence-corrected chi connectivity index (χ4v) is 5.65. The van der Waals surface area contributed by atoms with Crippen molar-refractivity contribution in [2.24, 2.45) is 0 Å². The fourth-order valence-electron chi connectivity index (χ4n) is 5.65. The van der Waals surface area contributed by atoms with Crippen LogP contribution in [-0.2, 0) is 33.2 Å². The number of ether oxygens (including phenoxy) is 7. The van der Waals surface area contributed by atoms with E-state index in [0.29, 0.717) is 0 Å². The van der Waals surface area contributed by atoms with Crippen LogP contribution in [0.3, 0.4) is 0 Å². The summed E-state index contributed by atoms with van der Waals surface area (Å²) < 4.78 is 38.7. The lowest BCUT2D eigenvalue weighted by molar-refractivity contribution is -0.404. The van der Waals surface area contributed by atoms with E-state index in [2.05, 4.69) is 0 Å². The second kappa shape index (κ2) is 17.5. The highest BCUT2D eigenvalue weighted by molar-refractivity contribution is 5.03. The summed E-state index contributed by atoms with van der Waals surface area (Å²) >= 11 is 0. The first-order chi connectivity index (χ1) is 21.2. The minimum atomic E-state index is -2.67. The molecule has 0 saturated carbocycles. The summed E-state index contributed by atoms with van der Waals surface area (Å²) in [5, 5.41) is 143. The molecule has 48 heavy (non-hydrogen) atoms. The average molecular weight is 721 g/mol. The molecule has 0 aromatic carbocycles. The topological polar surface area (TPSA) is 442 Å². The zero-order chi connectivity index (χ0) is 33.5. The third-order valence-corrected chi connectivity index (χ3v) is 8.48. The molecule has 0 aromatic heterocycles. The first-order valence-corrected chi connectivity index (χ1v) is 14.0. The lowest BCUT2D eigenvalue weighted by Crippen LogP contribution is -2.63. The lowest BCUT2D eigenvalue weighted by Gasteiger charge is -2.44. The minimum absolute atomic E-state index is 0. The summed E-state index contributed by atoms with van der Waals surface area (Å²) in [7, 11) is 0. The van der Waals surface area contributed by atoms with Gasteiger partial charge in [-0.2, -0.15) is 0 Å². The van der Waals surface area contributed by atoms with Crippen molar-refractivity contribution in [1.29, 1.82) is 0 Å². The number of aliphatic hydroxyl groups excluding tert-OH is 14. The van der Waals surface area contributed by atoms with Crippen molar-refractivity contribution in [3.63, 3.8) is 0 Å². The molecule has 0 unspecified atom stereocenters. The summed E-state index contributed by atoms with van der Waals surface area (Å²) in [6, 6.07) is 0. The molecule has 0 aliphatic carbocycles. The van der Waals surface area contributed by atoms with Crippen molar-refractivity contribution >= 4 is 0 Å². The van der Waals surface area contributed by atoms with Gasteiger partial charge in [-0.05, 0) is 0 Å². The van der Waals surface area contributed by atoms with E-state index in [1.54, 1.807) is 0 Å². The summed E-state index contributed by atoms with van der Waals surface area (Å²) in [4.78, 5) is 0. The molecule has 0 spiro atoms. The second-order valence-electron chi connectivity index (χ2n) is 11.3. The van der Waals surface area contributed by atoms with Gasteiger partial charge in [0.2, 0.25) is 17.4 Å². The number of rotatable bonds is 13. The molecule has 4 aliphatic heterocycles. The summed E-state index contributed by atoms with van der Waals surface area (Å²) in [5.74, 6) is -7.73. The van der Waals surface area contributed by atoms with Crippen molar-refractivity contribution in [3.05, 3.63) is 0 Å². The Labute approximate surface area is 270 Å². The number of hydrogen-bond donors (Lipinski definition) is 14. The zero-order valence-electron chi connectivity index (χ0n) is 25.2. The van der Waals surface area contributed by atoms with Gasteiger partial charge in [0.15, 0.2) is 6.29 Å². The van der Waals surface area contributed by atoms with Crippen LogP contribution in [0.25, 0.3) is 0 Å². The second-order valence-corrected chi connectivity index (χ2v) is 11.3. The Balaban J connectivity index is 0.00000384. The van der Waals surface area contributed by atoms with E-state index in [-0.39, 0.29) is 16.4 Å². The Hall–Kier alpha value is -0.960. The van der Waals surface area contributed by atoms with Crippen molar-refractivity contribution in [2.75, 3.05) is 46.2 Å². The van der Waals surface area contributed by atoms with E-state index in [1.807, 2.05) is 0 Å². The molecule has 0 radical (unpaired) electrons. The van der Waals surface area contributed by atoms with Gasteiger partial charge >= 0.3 is 0 Å². The molecule has 4 heterocycles. The van der Waals surface area contributed by atoms with E-state index in [1.165, 1.54) is 0 Å². The number of hydrogen-bond acceptors (Lipinski definition) is 21. The van der Waals surface area contributed by atoms with Crippen LogP contribution < -0.4 is 0 Å². The van der Waals surface area contributed by atoms with Gasteiger partial charge < -0.3 is 121 Å². The van der Waals surface area contributed by atoms with Crippen LogP contribution in [0.15, 0.2) is 0 Å². The predicted molar refractivity (Wildman–Crippen MR) is 145 cm³/mol. The molecule has 0 aromatic rings. The highest BCUT2D eigenvalue weighted by Crippen LogP contribution is 2.41. The van der Waals surface area contributed by atoms with Crippen molar-refractivity contribution < 1.29 is 121 Å². The monoisotopic (exact) mass is 720 g/mol. The quantitative estimate of drug-likeness (QED) is 0.0839. The summed E-state index contributed by atoms with van der Waals surface area (Å²) in [5.41, 5.74) is 0. The highest BCUT2D eigenvalue weighted by Gasteiger charge is 2.64. The maximum atomic E-state index is 11.0. The third-order valence-electron chi connectivity index (χ3n) is 8.48.